The molecule has 2 aromatic rings. The first-order valence-corrected chi connectivity index (χ1v) is 12.7. The topological polar surface area (TPSA) is 75.7 Å². The number of sulfonamides is 1. The van der Waals surface area contributed by atoms with Gasteiger partial charge < -0.3 is 10.1 Å². The van der Waals surface area contributed by atoms with Crippen LogP contribution in [0.25, 0.3) is 0 Å². The van der Waals surface area contributed by atoms with Crippen molar-refractivity contribution in [2.75, 3.05) is 21.2 Å². The lowest BCUT2D eigenvalue weighted by molar-refractivity contribution is -0.121. The normalized spacial score (nSPS) is 14.7. The molecule has 1 aliphatic rings. The average Bonchev–Trinajstić information content (AvgIpc) is 2.80. The first-order valence-electron chi connectivity index (χ1n) is 11.3. The minimum absolute atomic E-state index is 0.0305. The van der Waals surface area contributed by atoms with E-state index in [1.807, 2.05) is 0 Å². The summed E-state index contributed by atoms with van der Waals surface area (Å²) in [6, 6.07) is 11.3. The average molecular weight is 459 g/mol. The molecule has 0 heterocycles. The fourth-order valence-electron chi connectivity index (χ4n) is 4.23. The van der Waals surface area contributed by atoms with Crippen molar-refractivity contribution in [2.24, 2.45) is 0 Å². The number of methoxy groups -OCH3 is 1. The molecule has 0 bridgehead atoms. The van der Waals surface area contributed by atoms with E-state index in [4.69, 9.17) is 4.74 Å². The Morgan fingerprint density at radius 1 is 1.09 bits per heavy atom. The number of benzene rings is 2. The summed E-state index contributed by atoms with van der Waals surface area (Å²) >= 11 is 0. The van der Waals surface area contributed by atoms with Crippen LogP contribution in [0.3, 0.4) is 0 Å². The van der Waals surface area contributed by atoms with Crippen LogP contribution in [0.15, 0.2) is 41.3 Å². The van der Waals surface area contributed by atoms with Crippen LogP contribution in [0.2, 0.25) is 0 Å². The second-order valence-corrected chi connectivity index (χ2v) is 10.7. The van der Waals surface area contributed by atoms with Crippen molar-refractivity contribution < 1.29 is 17.9 Å². The highest BCUT2D eigenvalue weighted by molar-refractivity contribution is 7.89. The fraction of sp³-hybridized carbons (Fsp3) is 0.480. The number of nitrogens with zero attached hydrogens (tertiary/aromatic N) is 1. The third-order valence-electron chi connectivity index (χ3n) is 6.17. The highest BCUT2D eigenvalue weighted by Gasteiger charge is 2.20. The summed E-state index contributed by atoms with van der Waals surface area (Å²) in [5.74, 6) is 0.523. The number of ether oxygens (including phenoxy) is 1. The molecule has 174 valence electrons. The van der Waals surface area contributed by atoms with Gasteiger partial charge in [-0.3, -0.25) is 4.79 Å². The molecule has 6 nitrogen and oxygen atoms in total. The maximum atomic E-state index is 12.8. The van der Waals surface area contributed by atoms with Crippen LogP contribution in [0.4, 0.5) is 0 Å². The molecule has 1 unspecified atom stereocenters. The van der Waals surface area contributed by atoms with Gasteiger partial charge in [-0.1, -0.05) is 25.1 Å². The molecule has 1 atom stereocenters. The summed E-state index contributed by atoms with van der Waals surface area (Å²) in [5, 5.41) is 3.15. The molecule has 0 saturated carbocycles. The smallest absolute Gasteiger partial charge is 0.242 e. The van der Waals surface area contributed by atoms with Crippen molar-refractivity contribution in [1.29, 1.82) is 0 Å². The molecule has 0 spiro atoms. The Balaban J connectivity index is 1.69. The van der Waals surface area contributed by atoms with Crippen LogP contribution < -0.4 is 10.1 Å². The van der Waals surface area contributed by atoms with E-state index < -0.39 is 10.0 Å². The molecule has 0 aromatic heterocycles. The Hall–Kier alpha value is -2.38. The molecule has 2 aromatic carbocycles. The van der Waals surface area contributed by atoms with Crippen molar-refractivity contribution in [1.82, 2.24) is 9.62 Å². The third kappa shape index (κ3) is 5.51. The Labute approximate surface area is 192 Å². The minimum Gasteiger partial charge on any atom is -0.496 e. The van der Waals surface area contributed by atoms with Crippen molar-refractivity contribution in [3.63, 3.8) is 0 Å². The number of nitrogens with one attached hydrogen (secondary N) is 1. The highest BCUT2D eigenvalue weighted by Crippen LogP contribution is 2.27. The maximum Gasteiger partial charge on any atom is 0.242 e. The maximum absolute atomic E-state index is 12.8. The van der Waals surface area contributed by atoms with Gasteiger partial charge in [0.15, 0.2) is 0 Å². The van der Waals surface area contributed by atoms with E-state index >= 15 is 0 Å². The lowest BCUT2D eigenvalue weighted by Gasteiger charge is -2.22. The SMILES string of the molecule is CCC(NC(=O)CCc1cc(S(=O)(=O)N(C)C)ccc1OC)c1ccc2c(c1)CCCC2. The van der Waals surface area contributed by atoms with Gasteiger partial charge in [0.25, 0.3) is 0 Å². The van der Waals surface area contributed by atoms with E-state index in [-0.39, 0.29) is 23.3 Å². The zero-order chi connectivity index (χ0) is 23.3. The van der Waals surface area contributed by atoms with Gasteiger partial charge in [0.05, 0.1) is 18.0 Å². The van der Waals surface area contributed by atoms with Gasteiger partial charge in [-0.05, 0) is 79.0 Å². The van der Waals surface area contributed by atoms with Crippen LogP contribution in [-0.2, 0) is 34.1 Å². The summed E-state index contributed by atoms with van der Waals surface area (Å²) in [7, 11) is 0.988. The summed E-state index contributed by atoms with van der Waals surface area (Å²) in [5.41, 5.74) is 4.69. The van der Waals surface area contributed by atoms with Crippen LogP contribution in [0.1, 0.15) is 60.9 Å². The second kappa shape index (κ2) is 10.5. The fourth-order valence-corrected chi connectivity index (χ4v) is 5.18. The standard InChI is InChI=1S/C25H34N2O4S/c1-5-23(20-11-10-18-8-6-7-9-19(18)16-20)26-25(28)15-12-21-17-22(13-14-24(21)31-4)32(29,30)27(2)3/h10-11,13-14,16-17,23H,5-9,12,15H2,1-4H3,(H,26,28). The molecule has 0 saturated heterocycles. The van der Waals surface area contributed by atoms with Gasteiger partial charge in [0, 0.05) is 20.5 Å². The van der Waals surface area contributed by atoms with Gasteiger partial charge in [0.2, 0.25) is 15.9 Å². The van der Waals surface area contributed by atoms with Gasteiger partial charge in [-0.15, -0.1) is 0 Å². The summed E-state index contributed by atoms with van der Waals surface area (Å²) in [6.07, 6.45) is 6.19. The number of rotatable bonds is 9. The molecular formula is C25H34N2O4S. The van der Waals surface area contributed by atoms with E-state index in [0.29, 0.717) is 17.7 Å². The summed E-state index contributed by atoms with van der Waals surface area (Å²) < 4.78 is 31.5. The predicted molar refractivity (Wildman–Crippen MR) is 126 cm³/mol. The van der Waals surface area contributed by atoms with Crippen molar-refractivity contribution in [3.8, 4) is 5.75 Å². The monoisotopic (exact) mass is 458 g/mol. The van der Waals surface area contributed by atoms with Gasteiger partial charge in [-0.25, -0.2) is 12.7 Å². The number of aryl methyl sites for hydroxylation is 3. The lowest BCUT2D eigenvalue weighted by Crippen LogP contribution is -2.28. The molecule has 7 heteroatoms. The van der Waals surface area contributed by atoms with E-state index in [9.17, 15) is 13.2 Å². The number of hydrogen-bond acceptors (Lipinski definition) is 4. The zero-order valence-corrected chi connectivity index (χ0v) is 20.3. The molecule has 0 fully saturated rings. The van der Waals surface area contributed by atoms with Crippen molar-refractivity contribution >= 4 is 15.9 Å². The van der Waals surface area contributed by atoms with E-state index in [2.05, 4.69) is 30.4 Å². The first kappa shape index (κ1) is 24.3. The Morgan fingerprint density at radius 2 is 1.81 bits per heavy atom. The lowest BCUT2D eigenvalue weighted by atomic mass is 9.88. The Bertz CT molecular complexity index is 1060. The Kier molecular flexibility index (Phi) is 7.96. The molecule has 1 aliphatic carbocycles. The van der Waals surface area contributed by atoms with Crippen molar-refractivity contribution in [2.45, 2.75) is 62.8 Å². The van der Waals surface area contributed by atoms with Crippen LogP contribution in [-0.4, -0.2) is 39.8 Å². The van der Waals surface area contributed by atoms with Crippen molar-refractivity contribution in [3.05, 3.63) is 58.7 Å². The van der Waals surface area contributed by atoms with Gasteiger partial charge >= 0.3 is 0 Å². The van der Waals surface area contributed by atoms with Crippen LogP contribution in [0.5, 0.6) is 5.75 Å². The van der Waals surface area contributed by atoms with E-state index in [0.717, 1.165) is 24.8 Å². The zero-order valence-electron chi connectivity index (χ0n) is 19.5. The van der Waals surface area contributed by atoms with Gasteiger partial charge in [-0.2, -0.15) is 0 Å². The molecule has 1 amide bonds. The van der Waals surface area contributed by atoms with E-state index in [1.54, 1.807) is 19.2 Å². The number of amides is 1. The van der Waals surface area contributed by atoms with Crippen LogP contribution >= 0.6 is 0 Å². The summed E-state index contributed by atoms with van der Waals surface area (Å²) in [4.78, 5) is 13.0. The molecule has 1 N–H and O–H groups in total. The molecule has 3 rings (SSSR count). The number of carbonyl (C=O) groups excluding carboxylic acids is 1. The number of carbonyl (C=O) groups is 1. The molecule has 0 radical (unpaired) electrons. The second-order valence-electron chi connectivity index (χ2n) is 8.52. The minimum atomic E-state index is -3.55. The van der Waals surface area contributed by atoms with Crippen LogP contribution in [0, 0.1) is 0 Å². The summed E-state index contributed by atoms with van der Waals surface area (Å²) in [6.45, 7) is 2.07. The molecular weight excluding hydrogens is 424 g/mol. The van der Waals surface area contributed by atoms with E-state index in [1.165, 1.54) is 48.4 Å². The van der Waals surface area contributed by atoms with Gasteiger partial charge in [0.1, 0.15) is 5.75 Å². The highest BCUT2D eigenvalue weighted by atomic mass is 32.2. The predicted octanol–water partition coefficient (Wildman–Crippen LogP) is 4.02. The Morgan fingerprint density at radius 3 is 2.47 bits per heavy atom. The number of fused-ring (bicyclic) bond motifs is 1. The molecule has 0 aliphatic heterocycles. The molecule has 32 heavy (non-hydrogen) atoms. The third-order valence-corrected chi connectivity index (χ3v) is 7.98. The first-order chi connectivity index (χ1) is 15.3. The number of hydrogen-bond donors (Lipinski definition) is 1. The quantitative estimate of drug-likeness (QED) is 0.616. The largest absolute Gasteiger partial charge is 0.496 e.